The molecule has 0 bridgehead atoms. The molecule has 0 heterocycles. The number of thioether (sulfide) groups is 1. The summed E-state index contributed by atoms with van der Waals surface area (Å²) in [7, 11) is 0. The number of hydrogen-bond acceptors (Lipinski definition) is 2. The van der Waals surface area contributed by atoms with E-state index in [4.69, 9.17) is 0 Å². The van der Waals surface area contributed by atoms with E-state index in [1.807, 2.05) is 18.4 Å². The molecule has 0 aliphatic rings. The van der Waals surface area contributed by atoms with Gasteiger partial charge >= 0.3 is 0 Å². The number of benzene rings is 1. The van der Waals surface area contributed by atoms with Gasteiger partial charge in [-0.2, -0.15) is 11.8 Å². The zero-order valence-electron chi connectivity index (χ0n) is 10.3. The molecule has 0 aromatic heterocycles. The number of nitrogens with one attached hydrogen (secondary N) is 1. The van der Waals surface area contributed by atoms with Crippen molar-refractivity contribution in [3.05, 3.63) is 29.8 Å². The van der Waals surface area contributed by atoms with Gasteiger partial charge in [0.2, 0.25) is 5.91 Å². The molecule has 88 valence electrons. The summed E-state index contributed by atoms with van der Waals surface area (Å²) >= 11 is 1.52. The van der Waals surface area contributed by atoms with Crippen LogP contribution in [0.25, 0.3) is 0 Å². The van der Waals surface area contributed by atoms with Crippen molar-refractivity contribution >= 4 is 23.4 Å². The van der Waals surface area contributed by atoms with Gasteiger partial charge in [-0.1, -0.05) is 32.9 Å². The standard InChI is InChI=1S/C13H19NOS/c1-13(2,3)10-5-7-11(8-6-10)14-12(15)9-16-4/h5-8H,9H2,1-4H3,(H,14,15). The van der Waals surface area contributed by atoms with Crippen molar-refractivity contribution in [2.75, 3.05) is 17.3 Å². The fourth-order valence-corrected chi connectivity index (χ4v) is 1.72. The molecule has 0 aliphatic carbocycles. The van der Waals surface area contributed by atoms with E-state index in [0.717, 1.165) is 5.69 Å². The van der Waals surface area contributed by atoms with Crippen molar-refractivity contribution in [2.45, 2.75) is 26.2 Å². The normalized spacial score (nSPS) is 11.2. The van der Waals surface area contributed by atoms with Gasteiger partial charge in [-0.3, -0.25) is 4.79 Å². The molecule has 0 unspecified atom stereocenters. The van der Waals surface area contributed by atoms with Crippen LogP contribution in [-0.2, 0) is 10.2 Å². The zero-order valence-corrected chi connectivity index (χ0v) is 11.1. The lowest BCUT2D eigenvalue weighted by molar-refractivity contribution is -0.113. The minimum Gasteiger partial charge on any atom is -0.325 e. The minimum atomic E-state index is 0.0519. The van der Waals surface area contributed by atoms with Gasteiger partial charge in [0.05, 0.1) is 5.75 Å². The summed E-state index contributed by atoms with van der Waals surface area (Å²) in [5.74, 6) is 0.553. The highest BCUT2D eigenvalue weighted by atomic mass is 32.2. The molecule has 0 spiro atoms. The predicted molar refractivity (Wildman–Crippen MR) is 72.2 cm³/mol. The van der Waals surface area contributed by atoms with Gasteiger partial charge in [-0.15, -0.1) is 0 Å². The molecule has 1 aromatic carbocycles. The van der Waals surface area contributed by atoms with E-state index < -0.39 is 0 Å². The molecule has 0 radical (unpaired) electrons. The summed E-state index contributed by atoms with van der Waals surface area (Å²) in [6.07, 6.45) is 1.92. The molecule has 0 saturated heterocycles. The quantitative estimate of drug-likeness (QED) is 0.874. The Balaban J connectivity index is 2.69. The molecule has 0 atom stereocenters. The van der Waals surface area contributed by atoms with Crippen LogP contribution in [0.5, 0.6) is 0 Å². The Kier molecular flexibility index (Phi) is 4.42. The molecule has 2 nitrogen and oxygen atoms in total. The summed E-state index contributed by atoms with van der Waals surface area (Å²) in [4.78, 5) is 11.4. The van der Waals surface area contributed by atoms with Crippen molar-refractivity contribution < 1.29 is 4.79 Å². The SMILES string of the molecule is CSCC(=O)Nc1ccc(C(C)(C)C)cc1. The largest absolute Gasteiger partial charge is 0.325 e. The average Bonchev–Trinajstić information content (AvgIpc) is 2.17. The summed E-state index contributed by atoms with van der Waals surface area (Å²) in [6.45, 7) is 6.52. The number of amides is 1. The molecule has 1 N–H and O–H groups in total. The van der Waals surface area contributed by atoms with Gasteiger partial charge < -0.3 is 5.32 Å². The Bertz CT molecular complexity index is 351. The van der Waals surface area contributed by atoms with Gasteiger partial charge in [0.1, 0.15) is 0 Å². The Morgan fingerprint density at radius 2 is 1.81 bits per heavy atom. The Labute approximate surface area is 102 Å². The Hall–Kier alpha value is -0.960. The second kappa shape index (κ2) is 5.39. The third kappa shape index (κ3) is 3.89. The fourth-order valence-electron chi connectivity index (χ4n) is 1.38. The first kappa shape index (κ1) is 13.1. The third-order valence-electron chi connectivity index (χ3n) is 2.31. The van der Waals surface area contributed by atoms with Crippen LogP contribution < -0.4 is 5.32 Å². The first-order valence-electron chi connectivity index (χ1n) is 5.33. The van der Waals surface area contributed by atoms with Crippen molar-refractivity contribution in [3.8, 4) is 0 Å². The maximum atomic E-state index is 11.4. The summed E-state index contributed by atoms with van der Waals surface area (Å²) in [6, 6.07) is 8.04. The van der Waals surface area contributed by atoms with Gasteiger partial charge in [-0.25, -0.2) is 0 Å². The molecule has 1 rings (SSSR count). The molecule has 1 amide bonds. The number of carbonyl (C=O) groups excluding carboxylic acids is 1. The lowest BCUT2D eigenvalue weighted by Gasteiger charge is -2.19. The van der Waals surface area contributed by atoms with E-state index >= 15 is 0 Å². The van der Waals surface area contributed by atoms with Crippen LogP contribution in [0, 0.1) is 0 Å². The summed E-state index contributed by atoms with van der Waals surface area (Å²) in [5, 5.41) is 2.86. The average molecular weight is 237 g/mol. The van der Waals surface area contributed by atoms with Crippen LogP contribution in [0.2, 0.25) is 0 Å². The van der Waals surface area contributed by atoms with Crippen molar-refractivity contribution in [2.24, 2.45) is 0 Å². The van der Waals surface area contributed by atoms with Crippen molar-refractivity contribution in [1.29, 1.82) is 0 Å². The van der Waals surface area contributed by atoms with E-state index in [0.29, 0.717) is 5.75 Å². The molecule has 3 heteroatoms. The van der Waals surface area contributed by atoms with Crippen LogP contribution in [-0.4, -0.2) is 17.9 Å². The maximum Gasteiger partial charge on any atom is 0.234 e. The van der Waals surface area contributed by atoms with Crippen LogP contribution in [0.1, 0.15) is 26.3 Å². The first-order valence-corrected chi connectivity index (χ1v) is 6.72. The second-order valence-corrected chi connectivity index (χ2v) is 5.67. The zero-order chi connectivity index (χ0) is 12.2. The van der Waals surface area contributed by atoms with Gasteiger partial charge in [-0.05, 0) is 29.4 Å². The van der Waals surface area contributed by atoms with Gasteiger partial charge in [0, 0.05) is 5.69 Å². The van der Waals surface area contributed by atoms with Crippen molar-refractivity contribution in [3.63, 3.8) is 0 Å². The van der Waals surface area contributed by atoms with Crippen LogP contribution >= 0.6 is 11.8 Å². The topological polar surface area (TPSA) is 29.1 Å². The number of rotatable bonds is 3. The lowest BCUT2D eigenvalue weighted by Crippen LogP contribution is -2.14. The Morgan fingerprint density at radius 3 is 2.25 bits per heavy atom. The fraction of sp³-hybridized carbons (Fsp3) is 0.462. The van der Waals surface area contributed by atoms with Gasteiger partial charge in [0.15, 0.2) is 0 Å². The lowest BCUT2D eigenvalue weighted by atomic mass is 9.87. The molecule has 0 fully saturated rings. The van der Waals surface area contributed by atoms with Crippen LogP contribution in [0.15, 0.2) is 24.3 Å². The second-order valence-electron chi connectivity index (χ2n) is 4.81. The highest BCUT2D eigenvalue weighted by Gasteiger charge is 2.12. The van der Waals surface area contributed by atoms with E-state index in [1.54, 1.807) is 0 Å². The first-order chi connectivity index (χ1) is 7.43. The van der Waals surface area contributed by atoms with Gasteiger partial charge in [0.25, 0.3) is 0 Å². The summed E-state index contributed by atoms with van der Waals surface area (Å²) < 4.78 is 0. The minimum absolute atomic E-state index is 0.0519. The predicted octanol–water partition coefficient (Wildman–Crippen LogP) is 3.29. The highest BCUT2D eigenvalue weighted by molar-refractivity contribution is 7.99. The van der Waals surface area contributed by atoms with E-state index in [1.165, 1.54) is 17.3 Å². The monoisotopic (exact) mass is 237 g/mol. The molecule has 16 heavy (non-hydrogen) atoms. The highest BCUT2D eigenvalue weighted by Crippen LogP contribution is 2.23. The molecular formula is C13H19NOS. The molecular weight excluding hydrogens is 218 g/mol. The number of hydrogen-bond donors (Lipinski definition) is 1. The molecule has 0 aliphatic heterocycles. The van der Waals surface area contributed by atoms with Crippen LogP contribution in [0.4, 0.5) is 5.69 Å². The molecule has 0 saturated carbocycles. The van der Waals surface area contributed by atoms with E-state index in [9.17, 15) is 4.79 Å². The summed E-state index contributed by atoms with van der Waals surface area (Å²) in [5.41, 5.74) is 2.30. The Morgan fingerprint density at radius 1 is 1.25 bits per heavy atom. The van der Waals surface area contributed by atoms with E-state index in [2.05, 4.69) is 38.2 Å². The number of carbonyl (C=O) groups is 1. The smallest absolute Gasteiger partial charge is 0.234 e. The number of anilines is 1. The third-order valence-corrected chi connectivity index (χ3v) is 2.86. The molecule has 1 aromatic rings. The van der Waals surface area contributed by atoms with Crippen molar-refractivity contribution in [1.82, 2.24) is 0 Å². The van der Waals surface area contributed by atoms with Crippen LogP contribution in [0.3, 0.4) is 0 Å². The maximum absolute atomic E-state index is 11.4. The van der Waals surface area contributed by atoms with E-state index in [-0.39, 0.29) is 11.3 Å².